The summed E-state index contributed by atoms with van der Waals surface area (Å²) in [6.45, 7) is 1.91. The average molecular weight is 282 g/mol. The summed E-state index contributed by atoms with van der Waals surface area (Å²) >= 11 is 0. The molecule has 1 heterocycles. The third kappa shape index (κ3) is 4.28. The van der Waals surface area contributed by atoms with Crippen LogP contribution in [0.5, 0.6) is 0 Å². The van der Waals surface area contributed by atoms with E-state index in [2.05, 4.69) is 10.3 Å². The van der Waals surface area contributed by atoms with Crippen LogP contribution >= 0.6 is 0 Å². The van der Waals surface area contributed by atoms with Gasteiger partial charge in [-0.1, -0.05) is 17.7 Å². The summed E-state index contributed by atoms with van der Waals surface area (Å²) in [6.07, 6.45) is 5.45. The smallest absolute Gasteiger partial charge is 0.328 e. The SMILES string of the molecule is Cc1cccc(C(=O)Nc2cncc(/C=C/C(=O)O)c2)c1. The van der Waals surface area contributed by atoms with E-state index in [1.165, 1.54) is 18.5 Å². The Kier molecular flexibility index (Phi) is 4.46. The van der Waals surface area contributed by atoms with Crippen LogP contribution in [-0.4, -0.2) is 22.0 Å². The van der Waals surface area contributed by atoms with Gasteiger partial charge in [-0.2, -0.15) is 0 Å². The molecule has 1 aromatic heterocycles. The molecule has 5 nitrogen and oxygen atoms in total. The quantitative estimate of drug-likeness (QED) is 0.845. The Bertz CT molecular complexity index is 708. The number of carbonyl (C=O) groups excluding carboxylic acids is 1. The zero-order chi connectivity index (χ0) is 15.2. The highest BCUT2D eigenvalue weighted by Crippen LogP contribution is 2.12. The second-order valence-corrected chi connectivity index (χ2v) is 4.50. The van der Waals surface area contributed by atoms with Gasteiger partial charge in [0.25, 0.3) is 5.91 Å². The summed E-state index contributed by atoms with van der Waals surface area (Å²) in [5, 5.41) is 11.3. The molecule has 106 valence electrons. The number of hydrogen-bond donors (Lipinski definition) is 2. The van der Waals surface area contributed by atoms with Gasteiger partial charge in [0, 0.05) is 17.8 Å². The minimum Gasteiger partial charge on any atom is -0.478 e. The molecule has 0 spiro atoms. The number of aryl methyl sites for hydroxylation is 1. The lowest BCUT2D eigenvalue weighted by Gasteiger charge is -2.06. The number of nitrogens with zero attached hydrogens (tertiary/aromatic N) is 1. The molecule has 1 aromatic carbocycles. The highest BCUT2D eigenvalue weighted by atomic mass is 16.4. The van der Waals surface area contributed by atoms with E-state index in [9.17, 15) is 9.59 Å². The van der Waals surface area contributed by atoms with Crippen LogP contribution in [-0.2, 0) is 4.79 Å². The fourth-order valence-corrected chi connectivity index (χ4v) is 1.77. The van der Waals surface area contributed by atoms with Gasteiger partial charge in [0.1, 0.15) is 0 Å². The number of aromatic nitrogens is 1. The molecule has 0 fully saturated rings. The van der Waals surface area contributed by atoms with Gasteiger partial charge in [0.15, 0.2) is 0 Å². The summed E-state index contributed by atoms with van der Waals surface area (Å²) in [5.74, 6) is -1.27. The topological polar surface area (TPSA) is 79.3 Å². The van der Waals surface area contributed by atoms with Crippen LogP contribution in [0.2, 0.25) is 0 Å². The number of pyridine rings is 1. The van der Waals surface area contributed by atoms with Gasteiger partial charge in [-0.3, -0.25) is 9.78 Å². The lowest BCUT2D eigenvalue weighted by atomic mass is 10.1. The van der Waals surface area contributed by atoms with Crippen molar-refractivity contribution in [3.63, 3.8) is 0 Å². The number of amides is 1. The van der Waals surface area contributed by atoms with Crippen LogP contribution in [0.3, 0.4) is 0 Å². The number of carboxylic acids is 1. The zero-order valence-corrected chi connectivity index (χ0v) is 11.4. The Labute approximate surface area is 122 Å². The Morgan fingerprint density at radius 3 is 2.76 bits per heavy atom. The Hall–Kier alpha value is -2.95. The van der Waals surface area contributed by atoms with E-state index in [4.69, 9.17) is 5.11 Å². The fraction of sp³-hybridized carbons (Fsp3) is 0.0625. The maximum atomic E-state index is 12.1. The van der Waals surface area contributed by atoms with Crippen molar-refractivity contribution in [2.24, 2.45) is 0 Å². The van der Waals surface area contributed by atoms with Crippen LogP contribution in [0.25, 0.3) is 6.08 Å². The summed E-state index contributed by atoms with van der Waals surface area (Å²) in [5.41, 5.74) is 2.66. The number of carboxylic acid groups (broad SMARTS) is 1. The van der Waals surface area contributed by atoms with Crippen LogP contribution in [0.15, 0.2) is 48.8 Å². The van der Waals surface area contributed by atoms with Gasteiger partial charge >= 0.3 is 5.97 Å². The molecule has 2 aromatic rings. The van der Waals surface area contributed by atoms with E-state index in [0.717, 1.165) is 11.6 Å². The second kappa shape index (κ2) is 6.47. The third-order valence-electron chi connectivity index (χ3n) is 2.72. The first-order valence-corrected chi connectivity index (χ1v) is 6.29. The van der Waals surface area contributed by atoms with Crippen molar-refractivity contribution in [2.75, 3.05) is 5.32 Å². The number of rotatable bonds is 4. The molecule has 2 rings (SSSR count). The van der Waals surface area contributed by atoms with Crippen LogP contribution in [0.4, 0.5) is 5.69 Å². The Balaban J connectivity index is 2.14. The third-order valence-corrected chi connectivity index (χ3v) is 2.72. The number of aliphatic carboxylic acids is 1. The lowest BCUT2D eigenvalue weighted by Crippen LogP contribution is -2.12. The lowest BCUT2D eigenvalue weighted by molar-refractivity contribution is -0.131. The highest BCUT2D eigenvalue weighted by Gasteiger charge is 2.06. The molecule has 0 atom stereocenters. The molecule has 0 bridgehead atoms. The minimum absolute atomic E-state index is 0.236. The molecule has 1 amide bonds. The maximum Gasteiger partial charge on any atom is 0.328 e. The molecule has 0 unspecified atom stereocenters. The minimum atomic E-state index is -1.04. The molecule has 21 heavy (non-hydrogen) atoms. The predicted octanol–water partition coefficient (Wildman–Crippen LogP) is 2.74. The zero-order valence-electron chi connectivity index (χ0n) is 11.4. The van der Waals surface area contributed by atoms with Crippen molar-refractivity contribution in [2.45, 2.75) is 6.92 Å². The summed E-state index contributed by atoms with van der Waals surface area (Å²) in [6, 6.07) is 8.89. The summed E-state index contributed by atoms with van der Waals surface area (Å²) < 4.78 is 0. The number of benzene rings is 1. The van der Waals surface area contributed by atoms with Gasteiger partial charge in [0.05, 0.1) is 11.9 Å². The molecule has 5 heteroatoms. The molecule has 2 N–H and O–H groups in total. The summed E-state index contributed by atoms with van der Waals surface area (Å²) in [7, 11) is 0. The monoisotopic (exact) mass is 282 g/mol. The number of nitrogens with one attached hydrogen (secondary N) is 1. The second-order valence-electron chi connectivity index (χ2n) is 4.50. The Morgan fingerprint density at radius 2 is 2.05 bits per heavy atom. The highest BCUT2D eigenvalue weighted by molar-refractivity contribution is 6.04. The van der Waals surface area contributed by atoms with Crippen LogP contribution in [0.1, 0.15) is 21.5 Å². The standard InChI is InChI=1S/C16H14N2O3/c1-11-3-2-4-13(7-11)16(21)18-14-8-12(9-17-10-14)5-6-15(19)20/h2-10H,1H3,(H,18,21)(H,19,20)/b6-5+. The van der Waals surface area contributed by atoms with Gasteiger partial charge < -0.3 is 10.4 Å². The van der Waals surface area contributed by atoms with Crippen molar-refractivity contribution in [1.29, 1.82) is 0 Å². The Morgan fingerprint density at radius 1 is 1.24 bits per heavy atom. The normalized spacial score (nSPS) is 10.5. The van der Waals surface area contributed by atoms with E-state index in [1.54, 1.807) is 18.2 Å². The average Bonchev–Trinajstić information content (AvgIpc) is 2.45. The van der Waals surface area contributed by atoms with E-state index >= 15 is 0 Å². The van der Waals surface area contributed by atoms with Gasteiger partial charge in [-0.05, 0) is 36.8 Å². The van der Waals surface area contributed by atoms with Crippen molar-refractivity contribution in [3.05, 3.63) is 65.5 Å². The molecular weight excluding hydrogens is 268 g/mol. The maximum absolute atomic E-state index is 12.1. The first-order valence-electron chi connectivity index (χ1n) is 6.29. The molecule has 0 saturated heterocycles. The molecule has 0 aliphatic rings. The van der Waals surface area contributed by atoms with Crippen molar-refractivity contribution in [1.82, 2.24) is 4.98 Å². The van der Waals surface area contributed by atoms with Gasteiger partial charge in [-0.15, -0.1) is 0 Å². The molecular formula is C16H14N2O3. The first-order chi connectivity index (χ1) is 10.0. The summed E-state index contributed by atoms with van der Waals surface area (Å²) in [4.78, 5) is 26.5. The van der Waals surface area contributed by atoms with Crippen molar-refractivity contribution in [3.8, 4) is 0 Å². The van der Waals surface area contributed by atoms with Gasteiger partial charge in [-0.25, -0.2) is 4.79 Å². The predicted molar refractivity (Wildman–Crippen MR) is 80.0 cm³/mol. The molecule has 0 saturated carbocycles. The van der Waals surface area contributed by atoms with E-state index in [-0.39, 0.29) is 5.91 Å². The van der Waals surface area contributed by atoms with E-state index in [0.29, 0.717) is 16.8 Å². The van der Waals surface area contributed by atoms with Crippen LogP contribution in [0, 0.1) is 6.92 Å². The van der Waals surface area contributed by atoms with E-state index < -0.39 is 5.97 Å². The molecule has 0 aliphatic carbocycles. The van der Waals surface area contributed by atoms with E-state index in [1.807, 2.05) is 19.1 Å². The van der Waals surface area contributed by atoms with Crippen LogP contribution < -0.4 is 5.32 Å². The van der Waals surface area contributed by atoms with Crippen molar-refractivity contribution >= 4 is 23.6 Å². The van der Waals surface area contributed by atoms with Crippen molar-refractivity contribution < 1.29 is 14.7 Å². The molecule has 0 radical (unpaired) electrons. The van der Waals surface area contributed by atoms with Gasteiger partial charge in [0.2, 0.25) is 0 Å². The first kappa shape index (κ1) is 14.5. The molecule has 0 aliphatic heterocycles. The number of anilines is 1. The largest absolute Gasteiger partial charge is 0.478 e. The number of carbonyl (C=O) groups is 2. The fourth-order valence-electron chi connectivity index (χ4n) is 1.77. The number of hydrogen-bond acceptors (Lipinski definition) is 3.